The lowest BCUT2D eigenvalue weighted by Gasteiger charge is -2.33. The van der Waals surface area contributed by atoms with Gasteiger partial charge in [-0.1, -0.05) is 42.5 Å². The molecule has 3 aliphatic carbocycles. The number of hydrogen-bond acceptors (Lipinski definition) is 0. The second-order valence-electron chi connectivity index (χ2n) is 6.80. The number of benzene rings is 2. The molecule has 3 atom stereocenters. The molecule has 0 heteroatoms. The summed E-state index contributed by atoms with van der Waals surface area (Å²) in [7, 11) is 0. The van der Waals surface area contributed by atoms with Gasteiger partial charge in [-0.15, -0.1) is 0 Å². The van der Waals surface area contributed by atoms with Gasteiger partial charge in [-0.2, -0.15) is 0 Å². The Balaban J connectivity index is 1.77. The van der Waals surface area contributed by atoms with Crippen molar-refractivity contribution in [2.24, 2.45) is 5.92 Å². The highest BCUT2D eigenvalue weighted by Crippen LogP contribution is 2.58. The third-order valence-electron chi connectivity index (χ3n) is 5.98. The van der Waals surface area contributed by atoms with E-state index < -0.39 is 0 Å². The van der Waals surface area contributed by atoms with Crippen LogP contribution in [0.15, 0.2) is 42.5 Å². The van der Waals surface area contributed by atoms with Crippen molar-refractivity contribution in [3.63, 3.8) is 0 Å². The molecule has 5 rings (SSSR count). The Bertz CT molecular complexity index is 682. The maximum atomic E-state index is 2.42. The molecule has 0 nitrogen and oxygen atoms in total. The van der Waals surface area contributed by atoms with Gasteiger partial charge in [0.05, 0.1) is 0 Å². The summed E-state index contributed by atoms with van der Waals surface area (Å²) in [6, 6.07) is 16.3. The lowest BCUT2D eigenvalue weighted by molar-refractivity contribution is 0.346. The van der Waals surface area contributed by atoms with Gasteiger partial charge in [0.2, 0.25) is 0 Å². The van der Waals surface area contributed by atoms with Gasteiger partial charge in [-0.3, -0.25) is 0 Å². The molecule has 0 spiro atoms. The normalized spacial score (nSPS) is 29.5. The van der Waals surface area contributed by atoms with Crippen LogP contribution in [0.25, 0.3) is 0 Å². The zero-order chi connectivity index (χ0) is 13.1. The van der Waals surface area contributed by atoms with Crippen LogP contribution in [0.4, 0.5) is 0 Å². The monoisotopic (exact) mass is 260 g/mol. The molecule has 0 heterocycles. The fourth-order valence-corrected chi connectivity index (χ4v) is 5.28. The molecular weight excluding hydrogens is 240 g/mol. The molecule has 2 aromatic rings. The minimum atomic E-state index is 0.693. The van der Waals surface area contributed by atoms with E-state index in [9.17, 15) is 0 Å². The Morgan fingerprint density at radius 1 is 0.750 bits per heavy atom. The van der Waals surface area contributed by atoms with Gasteiger partial charge in [0.25, 0.3) is 0 Å². The predicted molar refractivity (Wildman–Crippen MR) is 82.2 cm³/mol. The van der Waals surface area contributed by atoms with Gasteiger partial charge >= 0.3 is 0 Å². The summed E-state index contributed by atoms with van der Waals surface area (Å²) in [6.45, 7) is 0. The van der Waals surface area contributed by atoms with Crippen LogP contribution in [0.1, 0.15) is 58.9 Å². The van der Waals surface area contributed by atoms with Crippen LogP contribution in [0.3, 0.4) is 0 Å². The maximum Gasteiger partial charge on any atom is 0.0129 e. The van der Waals surface area contributed by atoms with Crippen molar-refractivity contribution < 1.29 is 0 Å². The van der Waals surface area contributed by atoms with Gasteiger partial charge in [0, 0.05) is 5.92 Å². The van der Waals surface area contributed by atoms with E-state index in [0.29, 0.717) is 5.92 Å². The SMILES string of the molecule is c1ccc2c(c1)CC[C@H]1[C@@H]2c2cccc3c2[C@@H]1CCC3. The third kappa shape index (κ3) is 1.32. The van der Waals surface area contributed by atoms with E-state index in [1.54, 1.807) is 27.8 Å². The van der Waals surface area contributed by atoms with Gasteiger partial charge in [0.15, 0.2) is 0 Å². The molecule has 0 saturated heterocycles. The Morgan fingerprint density at radius 2 is 1.60 bits per heavy atom. The zero-order valence-corrected chi connectivity index (χ0v) is 11.8. The number of fused-ring (bicyclic) bond motifs is 5. The molecule has 0 unspecified atom stereocenters. The highest BCUT2D eigenvalue weighted by Gasteiger charge is 2.45. The summed E-state index contributed by atoms with van der Waals surface area (Å²) in [5.74, 6) is 2.42. The first-order valence-electron chi connectivity index (χ1n) is 8.13. The van der Waals surface area contributed by atoms with E-state index in [2.05, 4.69) is 42.5 Å². The molecule has 0 amide bonds. The first kappa shape index (κ1) is 11.1. The first-order chi connectivity index (χ1) is 9.93. The van der Waals surface area contributed by atoms with Crippen molar-refractivity contribution in [1.29, 1.82) is 0 Å². The first-order valence-corrected chi connectivity index (χ1v) is 8.13. The lowest BCUT2D eigenvalue weighted by Crippen LogP contribution is -2.21. The molecule has 0 radical (unpaired) electrons. The fourth-order valence-electron chi connectivity index (χ4n) is 5.28. The average Bonchev–Trinajstić information content (AvgIpc) is 2.85. The Hall–Kier alpha value is -1.56. The van der Waals surface area contributed by atoms with Crippen LogP contribution >= 0.6 is 0 Å². The number of aryl methyl sites for hydroxylation is 2. The molecule has 0 aliphatic heterocycles. The van der Waals surface area contributed by atoms with Crippen LogP contribution in [-0.4, -0.2) is 0 Å². The summed E-state index contributed by atoms with van der Waals surface area (Å²) in [4.78, 5) is 0. The highest BCUT2D eigenvalue weighted by molar-refractivity contribution is 5.53. The van der Waals surface area contributed by atoms with Gasteiger partial charge < -0.3 is 0 Å². The molecule has 2 aromatic carbocycles. The molecule has 0 aromatic heterocycles. The van der Waals surface area contributed by atoms with E-state index >= 15 is 0 Å². The maximum absolute atomic E-state index is 2.42. The smallest absolute Gasteiger partial charge is 0.0129 e. The van der Waals surface area contributed by atoms with Crippen molar-refractivity contribution in [2.45, 2.75) is 43.9 Å². The Kier molecular flexibility index (Phi) is 2.21. The van der Waals surface area contributed by atoms with Crippen LogP contribution in [-0.2, 0) is 12.8 Å². The Morgan fingerprint density at radius 3 is 2.60 bits per heavy atom. The summed E-state index contributed by atoms with van der Waals surface area (Å²) in [6.07, 6.45) is 6.80. The minimum absolute atomic E-state index is 0.693. The van der Waals surface area contributed by atoms with Crippen LogP contribution in [0.5, 0.6) is 0 Å². The lowest BCUT2D eigenvalue weighted by atomic mass is 9.71. The third-order valence-corrected chi connectivity index (χ3v) is 5.98. The van der Waals surface area contributed by atoms with Crippen molar-refractivity contribution in [3.05, 3.63) is 70.3 Å². The van der Waals surface area contributed by atoms with Crippen molar-refractivity contribution in [1.82, 2.24) is 0 Å². The van der Waals surface area contributed by atoms with Gasteiger partial charge in [-0.05, 0) is 71.8 Å². The summed E-state index contributed by atoms with van der Waals surface area (Å²) >= 11 is 0. The summed E-state index contributed by atoms with van der Waals surface area (Å²) in [5.41, 5.74) is 8.32. The quantitative estimate of drug-likeness (QED) is 0.637. The predicted octanol–water partition coefficient (Wildman–Crippen LogP) is 4.81. The van der Waals surface area contributed by atoms with E-state index in [-0.39, 0.29) is 0 Å². The molecule has 0 saturated carbocycles. The van der Waals surface area contributed by atoms with Crippen LogP contribution < -0.4 is 0 Å². The molecule has 0 bridgehead atoms. The zero-order valence-electron chi connectivity index (χ0n) is 11.8. The molecule has 20 heavy (non-hydrogen) atoms. The summed E-state index contributed by atoms with van der Waals surface area (Å²) in [5, 5.41) is 0. The molecular formula is C20H20. The molecule has 3 aliphatic rings. The van der Waals surface area contributed by atoms with Gasteiger partial charge in [-0.25, -0.2) is 0 Å². The second kappa shape index (κ2) is 3.97. The van der Waals surface area contributed by atoms with E-state index in [4.69, 9.17) is 0 Å². The Labute approximate surface area is 120 Å². The number of hydrogen-bond donors (Lipinski definition) is 0. The van der Waals surface area contributed by atoms with E-state index in [0.717, 1.165) is 11.8 Å². The van der Waals surface area contributed by atoms with E-state index in [1.807, 2.05) is 0 Å². The topological polar surface area (TPSA) is 0 Å². The van der Waals surface area contributed by atoms with Crippen molar-refractivity contribution in [2.75, 3.05) is 0 Å². The van der Waals surface area contributed by atoms with E-state index in [1.165, 1.54) is 32.1 Å². The molecule has 0 fully saturated rings. The largest absolute Gasteiger partial charge is 0.0620 e. The summed E-state index contributed by atoms with van der Waals surface area (Å²) < 4.78 is 0. The van der Waals surface area contributed by atoms with Crippen molar-refractivity contribution >= 4 is 0 Å². The second-order valence-corrected chi connectivity index (χ2v) is 6.80. The van der Waals surface area contributed by atoms with Crippen LogP contribution in [0, 0.1) is 5.92 Å². The molecule has 100 valence electrons. The highest BCUT2D eigenvalue weighted by atomic mass is 14.5. The molecule has 0 N–H and O–H groups in total. The standard InChI is InChI=1S/C20H20/c1-2-8-15-13(5-1)11-12-17-16-9-3-6-14-7-4-10-18(19(14)16)20(15)17/h1-2,4-5,7-8,10,16-17,20H,3,6,9,11-12H2/t16-,17-,20-/m1/s1. The average molecular weight is 260 g/mol. The van der Waals surface area contributed by atoms with Crippen LogP contribution in [0.2, 0.25) is 0 Å². The van der Waals surface area contributed by atoms with Gasteiger partial charge in [0.1, 0.15) is 0 Å². The minimum Gasteiger partial charge on any atom is -0.0620 e. The van der Waals surface area contributed by atoms with Crippen molar-refractivity contribution in [3.8, 4) is 0 Å². The number of rotatable bonds is 0. The fraction of sp³-hybridized carbons (Fsp3) is 0.400.